The van der Waals surface area contributed by atoms with Crippen molar-refractivity contribution in [1.29, 1.82) is 0 Å². The van der Waals surface area contributed by atoms with E-state index in [1.165, 1.54) is 15.9 Å². The molecule has 0 saturated carbocycles. The molecule has 0 radical (unpaired) electrons. The second kappa shape index (κ2) is 7.96. The Bertz CT molecular complexity index is 1290. The van der Waals surface area contributed by atoms with Gasteiger partial charge in [0.1, 0.15) is 15.9 Å². The molecule has 2 aromatic heterocycles. The summed E-state index contributed by atoms with van der Waals surface area (Å²) in [5.41, 5.74) is 7.14. The number of thiazole rings is 1. The van der Waals surface area contributed by atoms with E-state index in [0.717, 1.165) is 10.6 Å². The van der Waals surface area contributed by atoms with Gasteiger partial charge in [0.25, 0.3) is 11.8 Å². The number of aromatic nitrogens is 2. The fourth-order valence-electron chi connectivity index (χ4n) is 3.06. The lowest BCUT2D eigenvalue weighted by Crippen LogP contribution is -2.45. The number of carbonyl (C=O) groups is 2. The van der Waals surface area contributed by atoms with E-state index in [1.807, 2.05) is 30.3 Å². The Balaban J connectivity index is 1.47. The van der Waals surface area contributed by atoms with Crippen LogP contribution in [-0.2, 0) is 4.79 Å². The van der Waals surface area contributed by atoms with Crippen LogP contribution in [-0.4, -0.2) is 21.4 Å². The third-order valence-electron chi connectivity index (χ3n) is 4.61. The van der Waals surface area contributed by atoms with Crippen molar-refractivity contribution in [1.82, 2.24) is 20.4 Å². The predicted octanol–water partition coefficient (Wildman–Crippen LogP) is 3.05. The number of carbonyl (C=O) groups excluding carboxylic acids is 2. The van der Waals surface area contributed by atoms with Gasteiger partial charge in [-0.3, -0.25) is 25.0 Å². The van der Waals surface area contributed by atoms with Gasteiger partial charge in [-0.1, -0.05) is 42.5 Å². The first-order valence-corrected chi connectivity index (χ1v) is 10.0. The summed E-state index contributed by atoms with van der Waals surface area (Å²) in [4.78, 5) is 42.1. The van der Waals surface area contributed by atoms with Crippen LogP contribution in [0.5, 0.6) is 0 Å². The molecule has 4 aromatic rings. The van der Waals surface area contributed by atoms with Gasteiger partial charge in [-0.15, -0.1) is 11.3 Å². The number of rotatable bonds is 4. The first kappa shape index (κ1) is 19.6. The van der Waals surface area contributed by atoms with Crippen molar-refractivity contribution in [3.8, 4) is 10.6 Å². The largest absolute Gasteiger partial charge is 0.420 e. The fourth-order valence-corrected chi connectivity index (χ4v) is 4.03. The molecular weight excluding hydrogens is 404 g/mol. The highest BCUT2D eigenvalue weighted by atomic mass is 32.1. The van der Waals surface area contributed by atoms with Crippen molar-refractivity contribution in [2.24, 2.45) is 0 Å². The quantitative estimate of drug-likeness (QED) is 0.492. The lowest BCUT2D eigenvalue weighted by molar-refractivity contribution is -0.124. The summed E-state index contributed by atoms with van der Waals surface area (Å²) < 4.78 is 6.40. The highest BCUT2D eigenvalue weighted by Gasteiger charge is 2.23. The molecule has 2 amide bonds. The number of hydrogen-bond donors (Lipinski definition) is 2. The van der Waals surface area contributed by atoms with Gasteiger partial charge in [0, 0.05) is 5.56 Å². The lowest BCUT2D eigenvalue weighted by atomic mass is 10.2. The first-order chi connectivity index (χ1) is 14.5. The monoisotopic (exact) mass is 422 g/mol. The van der Waals surface area contributed by atoms with Crippen molar-refractivity contribution in [2.75, 3.05) is 0 Å². The molecule has 0 fully saturated rings. The maximum atomic E-state index is 12.6. The van der Waals surface area contributed by atoms with Crippen LogP contribution in [0, 0.1) is 6.92 Å². The van der Waals surface area contributed by atoms with Gasteiger partial charge in [0.2, 0.25) is 0 Å². The van der Waals surface area contributed by atoms with E-state index in [9.17, 15) is 14.4 Å². The summed E-state index contributed by atoms with van der Waals surface area (Å²) >= 11 is 1.24. The summed E-state index contributed by atoms with van der Waals surface area (Å²) in [6.07, 6.45) is 0. The maximum absolute atomic E-state index is 12.6. The normalized spacial score (nSPS) is 11.9. The molecule has 0 aliphatic rings. The molecule has 0 bridgehead atoms. The van der Waals surface area contributed by atoms with E-state index in [4.69, 9.17) is 4.42 Å². The van der Waals surface area contributed by atoms with Crippen LogP contribution in [0.2, 0.25) is 0 Å². The third kappa shape index (κ3) is 3.62. The number of hydrazine groups is 1. The minimum Gasteiger partial charge on any atom is -0.408 e. The molecular formula is C21H18N4O4S. The van der Waals surface area contributed by atoms with E-state index < -0.39 is 23.6 Å². The van der Waals surface area contributed by atoms with E-state index in [2.05, 4.69) is 15.8 Å². The number of oxazole rings is 1. The molecule has 2 N–H and O–H groups in total. The van der Waals surface area contributed by atoms with Gasteiger partial charge in [-0.05, 0) is 26.0 Å². The molecule has 0 saturated heterocycles. The van der Waals surface area contributed by atoms with Crippen molar-refractivity contribution < 1.29 is 14.0 Å². The average molecular weight is 422 g/mol. The molecule has 1 unspecified atom stereocenters. The smallest absolute Gasteiger partial charge is 0.408 e. The van der Waals surface area contributed by atoms with Crippen LogP contribution in [0.15, 0.2) is 63.8 Å². The van der Waals surface area contributed by atoms with Crippen LogP contribution in [0.1, 0.15) is 28.3 Å². The maximum Gasteiger partial charge on any atom is 0.420 e. The molecule has 8 nitrogen and oxygen atoms in total. The Morgan fingerprint density at radius 2 is 1.77 bits per heavy atom. The minimum absolute atomic E-state index is 0.389. The van der Waals surface area contributed by atoms with E-state index in [-0.39, 0.29) is 0 Å². The molecule has 1 atom stereocenters. The molecule has 2 aromatic carbocycles. The zero-order valence-corrected chi connectivity index (χ0v) is 17.0. The second-order valence-corrected chi connectivity index (χ2v) is 7.62. The number of benzene rings is 2. The number of aryl methyl sites for hydroxylation is 1. The highest BCUT2D eigenvalue weighted by molar-refractivity contribution is 7.17. The Morgan fingerprint density at radius 3 is 2.53 bits per heavy atom. The zero-order chi connectivity index (χ0) is 21.3. The van der Waals surface area contributed by atoms with Crippen molar-refractivity contribution in [2.45, 2.75) is 19.9 Å². The summed E-state index contributed by atoms with van der Waals surface area (Å²) in [5, 5.41) is 0.717. The summed E-state index contributed by atoms with van der Waals surface area (Å²) in [7, 11) is 0. The summed E-state index contributed by atoms with van der Waals surface area (Å²) in [6.45, 7) is 3.29. The number of nitrogens with zero attached hydrogens (tertiary/aromatic N) is 2. The van der Waals surface area contributed by atoms with E-state index in [0.29, 0.717) is 21.7 Å². The van der Waals surface area contributed by atoms with Crippen LogP contribution >= 0.6 is 11.3 Å². The Morgan fingerprint density at radius 1 is 1.07 bits per heavy atom. The van der Waals surface area contributed by atoms with E-state index in [1.54, 1.807) is 38.1 Å². The summed E-state index contributed by atoms with van der Waals surface area (Å²) in [6, 6.07) is 15.5. The third-order valence-corrected chi connectivity index (χ3v) is 5.81. The molecule has 0 aliphatic heterocycles. The Kier molecular flexibility index (Phi) is 5.20. The Hall–Kier alpha value is -3.72. The fraction of sp³-hybridized carbons (Fsp3) is 0.143. The SMILES string of the molecule is Cc1nc(-c2ccccc2)sc1C(=O)NNC(=O)C(C)n1c(=O)oc2ccccc21. The standard InChI is InChI=1S/C21H18N4O4S/c1-12-17(30-20(22-12)14-8-4-3-5-9-14)19(27)24-23-18(26)13(2)25-15-10-6-7-11-16(15)29-21(25)28/h3-11,13H,1-2H3,(H,23,26)(H,24,27). The van der Waals surface area contributed by atoms with Crippen LogP contribution in [0.25, 0.3) is 21.7 Å². The van der Waals surface area contributed by atoms with Gasteiger partial charge in [-0.2, -0.15) is 0 Å². The number of para-hydroxylation sites is 2. The van der Waals surface area contributed by atoms with Gasteiger partial charge in [0.15, 0.2) is 5.58 Å². The Labute approximate surface area is 175 Å². The lowest BCUT2D eigenvalue weighted by Gasteiger charge is -2.13. The molecule has 30 heavy (non-hydrogen) atoms. The first-order valence-electron chi connectivity index (χ1n) is 9.19. The molecule has 9 heteroatoms. The van der Waals surface area contributed by atoms with Crippen molar-refractivity contribution in [3.05, 3.63) is 75.7 Å². The highest BCUT2D eigenvalue weighted by Crippen LogP contribution is 2.27. The number of nitrogens with one attached hydrogen (secondary N) is 2. The van der Waals surface area contributed by atoms with Crippen LogP contribution < -0.4 is 16.6 Å². The molecule has 152 valence electrons. The predicted molar refractivity (Wildman–Crippen MR) is 113 cm³/mol. The zero-order valence-electron chi connectivity index (χ0n) is 16.2. The minimum atomic E-state index is -0.885. The number of fused-ring (bicyclic) bond motifs is 1. The number of amides is 2. The van der Waals surface area contributed by atoms with Crippen LogP contribution in [0.4, 0.5) is 0 Å². The average Bonchev–Trinajstić information content (AvgIpc) is 3.31. The van der Waals surface area contributed by atoms with Gasteiger partial charge < -0.3 is 4.42 Å². The van der Waals surface area contributed by atoms with Gasteiger partial charge in [-0.25, -0.2) is 9.78 Å². The molecule has 0 aliphatic carbocycles. The van der Waals surface area contributed by atoms with Gasteiger partial charge in [0.05, 0.1) is 11.2 Å². The number of hydrogen-bond acceptors (Lipinski definition) is 6. The van der Waals surface area contributed by atoms with Crippen molar-refractivity contribution in [3.63, 3.8) is 0 Å². The topological polar surface area (TPSA) is 106 Å². The molecule has 2 heterocycles. The second-order valence-electron chi connectivity index (χ2n) is 6.62. The van der Waals surface area contributed by atoms with E-state index >= 15 is 0 Å². The van der Waals surface area contributed by atoms with Gasteiger partial charge >= 0.3 is 5.76 Å². The summed E-state index contributed by atoms with van der Waals surface area (Å²) in [5.74, 6) is -1.67. The molecule has 4 rings (SSSR count). The molecule has 0 spiro atoms. The van der Waals surface area contributed by atoms with Crippen molar-refractivity contribution >= 4 is 34.3 Å². The van der Waals surface area contributed by atoms with Crippen LogP contribution in [0.3, 0.4) is 0 Å².